The van der Waals surface area contributed by atoms with Gasteiger partial charge in [-0.05, 0) is 62.9 Å². The number of benzene rings is 1. The van der Waals surface area contributed by atoms with E-state index < -0.39 is 48.2 Å². The first-order valence-electron chi connectivity index (χ1n) is 10.5. The summed E-state index contributed by atoms with van der Waals surface area (Å²) in [4.78, 5) is 50.6. The van der Waals surface area contributed by atoms with Crippen LogP contribution in [-0.2, 0) is 19.0 Å². The Morgan fingerprint density at radius 3 is 2.41 bits per heavy atom. The van der Waals surface area contributed by atoms with Crippen LogP contribution in [0.4, 0.5) is 0 Å². The monoisotopic (exact) mass is 444 g/mol. The Balaban J connectivity index is 1.62. The standard InChI is InChI=1S/C23H28N2O7/c1-6-17-18(9-19(31-17)25-10-14(4)21(27)24-23(25)29)32-20(26)11-30-22(28)16-7-12(2)15(5)13(3)8-16/h7-8,10,17-19H,6,9,11H2,1-5H3,(H,24,27,29). The predicted octanol–water partition coefficient (Wildman–Crippen LogP) is 2.24. The van der Waals surface area contributed by atoms with Crippen LogP contribution in [0.3, 0.4) is 0 Å². The maximum absolute atomic E-state index is 12.3. The summed E-state index contributed by atoms with van der Waals surface area (Å²) in [5.41, 5.74) is 2.72. The van der Waals surface area contributed by atoms with E-state index in [9.17, 15) is 19.2 Å². The third-order valence-electron chi connectivity index (χ3n) is 5.81. The summed E-state index contributed by atoms with van der Waals surface area (Å²) < 4.78 is 17.8. The zero-order valence-corrected chi connectivity index (χ0v) is 18.9. The van der Waals surface area contributed by atoms with Gasteiger partial charge in [0.1, 0.15) is 12.3 Å². The van der Waals surface area contributed by atoms with Gasteiger partial charge in [-0.25, -0.2) is 14.4 Å². The summed E-state index contributed by atoms with van der Waals surface area (Å²) in [5.74, 6) is -1.30. The van der Waals surface area contributed by atoms with Gasteiger partial charge in [-0.1, -0.05) is 6.92 Å². The van der Waals surface area contributed by atoms with E-state index in [2.05, 4.69) is 4.98 Å². The molecule has 3 atom stereocenters. The summed E-state index contributed by atoms with van der Waals surface area (Å²) >= 11 is 0. The molecule has 1 aromatic heterocycles. The van der Waals surface area contributed by atoms with Gasteiger partial charge in [0.25, 0.3) is 5.56 Å². The quantitative estimate of drug-likeness (QED) is 0.679. The molecule has 1 aliphatic rings. The largest absolute Gasteiger partial charge is 0.457 e. The summed E-state index contributed by atoms with van der Waals surface area (Å²) in [6.07, 6.45) is 0.491. The van der Waals surface area contributed by atoms with Crippen LogP contribution in [0, 0.1) is 27.7 Å². The van der Waals surface area contributed by atoms with Gasteiger partial charge in [0, 0.05) is 18.2 Å². The van der Waals surface area contributed by atoms with Crippen LogP contribution in [0.25, 0.3) is 0 Å². The molecule has 9 nitrogen and oxygen atoms in total. The number of rotatable bonds is 6. The number of nitrogens with one attached hydrogen (secondary N) is 1. The molecule has 0 amide bonds. The van der Waals surface area contributed by atoms with E-state index in [1.165, 1.54) is 10.8 Å². The Kier molecular flexibility index (Phi) is 6.98. The Morgan fingerprint density at radius 1 is 1.12 bits per heavy atom. The average molecular weight is 444 g/mol. The third kappa shape index (κ3) is 4.99. The maximum Gasteiger partial charge on any atom is 0.344 e. The van der Waals surface area contributed by atoms with Gasteiger partial charge < -0.3 is 14.2 Å². The molecule has 32 heavy (non-hydrogen) atoms. The zero-order valence-electron chi connectivity index (χ0n) is 18.9. The summed E-state index contributed by atoms with van der Waals surface area (Å²) in [6, 6.07) is 3.45. The number of ether oxygens (including phenoxy) is 3. The van der Waals surface area contributed by atoms with Crippen LogP contribution in [0.5, 0.6) is 0 Å². The highest BCUT2D eigenvalue weighted by molar-refractivity contribution is 5.91. The van der Waals surface area contributed by atoms with Crippen molar-refractivity contribution in [1.29, 1.82) is 0 Å². The number of carbonyl (C=O) groups excluding carboxylic acids is 2. The maximum atomic E-state index is 12.3. The van der Waals surface area contributed by atoms with Crippen LogP contribution in [0.1, 0.15) is 58.6 Å². The van der Waals surface area contributed by atoms with Crippen molar-refractivity contribution in [2.75, 3.05) is 6.61 Å². The number of nitrogens with zero attached hydrogens (tertiary/aromatic N) is 1. The first-order chi connectivity index (χ1) is 15.1. The van der Waals surface area contributed by atoms with Crippen molar-refractivity contribution >= 4 is 11.9 Å². The lowest BCUT2D eigenvalue weighted by molar-refractivity contribution is -0.155. The van der Waals surface area contributed by atoms with E-state index in [0.29, 0.717) is 17.5 Å². The first-order valence-corrected chi connectivity index (χ1v) is 10.5. The van der Waals surface area contributed by atoms with Crippen molar-refractivity contribution in [3.8, 4) is 0 Å². The topological polar surface area (TPSA) is 117 Å². The Hall–Kier alpha value is -3.20. The molecule has 0 saturated carbocycles. The highest BCUT2D eigenvalue weighted by Gasteiger charge is 2.38. The fourth-order valence-electron chi connectivity index (χ4n) is 3.72. The van der Waals surface area contributed by atoms with Crippen molar-refractivity contribution in [3.05, 3.63) is 67.0 Å². The molecule has 2 aromatic rings. The van der Waals surface area contributed by atoms with Crippen molar-refractivity contribution in [2.24, 2.45) is 0 Å². The number of hydrogen-bond acceptors (Lipinski definition) is 7. The third-order valence-corrected chi connectivity index (χ3v) is 5.81. The average Bonchev–Trinajstić information content (AvgIpc) is 3.14. The summed E-state index contributed by atoms with van der Waals surface area (Å²) in [6.45, 7) is 8.72. The minimum absolute atomic E-state index is 0.236. The van der Waals surface area contributed by atoms with Gasteiger partial charge in [-0.15, -0.1) is 0 Å². The molecule has 1 aliphatic heterocycles. The summed E-state index contributed by atoms with van der Waals surface area (Å²) in [5, 5.41) is 0. The van der Waals surface area contributed by atoms with Crippen molar-refractivity contribution in [2.45, 2.75) is 65.9 Å². The van der Waals surface area contributed by atoms with Crippen molar-refractivity contribution < 1.29 is 23.8 Å². The molecule has 9 heteroatoms. The minimum Gasteiger partial charge on any atom is -0.457 e. The lowest BCUT2D eigenvalue weighted by Gasteiger charge is -2.17. The number of hydrogen-bond donors (Lipinski definition) is 1. The molecule has 0 radical (unpaired) electrons. The Bertz CT molecular complexity index is 1120. The van der Waals surface area contributed by atoms with Gasteiger partial charge in [0.15, 0.2) is 6.61 Å². The van der Waals surface area contributed by atoms with Crippen LogP contribution < -0.4 is 11.2 Å². The smallest absolute Gasteiger partial charge is 0.344 e. The second-order valence-electron chi connectivity index (χ2n) is 8.09. The van der Waals surface area contributed by atoms with Crippen LogP contribution in [0.2, 0.25) is 0 Å². The molecule has 1 aromatic carbocycles. The second-order valence-corrected chi connectivity index (χ2v) is 8.09. The lowest BCUT2D eigenvalue weighted by atomic mass is 10.0. The Labute approximate surface area is 185 Å². The van der Waals surface area contributed by atoms with Crippen LogP contribution >= 0.6 is 0 Å². The van der Waals surface area contributed by atoms with Gasteiger partial charge in [0.2, 0.25) is 0 Å². The molecular weight excluding hydrogens is 416 g/mol. The van der Waals surface area contributed by atoms with E-state index in [1.807, 2.05) is 27.7 Å². The molecule has 3 unspecified atom stereocenters. The zero-order chi connectivity index (χ0) is 23.6. The molecule has 172 valence electrons. The molecule has 0 spiro atoms. The van der Waals surface area contributed by atoms with E-state index in [1.54, 1.807) is 19.1 Å². The van der Waals surface area contributed by atoms with E-state index in [4.69, 9.17) is 14.2 Å². The van der Waals surface area contributed by atoms with Crippen molar-refractivity contribution in [1.82, 2.24) is 9.55 Å². The van der Waals surface area contributed by atoms with E-state index in [0.717, 1.165) is 16.7 Å². The highest BCUT2D eigenvalue weighted by Crippen LogP contribution is 2.31. The van der Waals surface area contributed by atoms with E-state index in [-0.39, 0.29) is 6.42 Å². The normalized spacial score (nSPS) is 20.2. The molecule has 0 bridgehead atoms. The van der Waals surface area contributed by atoms with Crippen molar-refractivity contribution in [3.63, 3.8) is 0 Å². The molecule has 1 saturated heterocycles. The number of carbonyl (C=O) groups is 2. The minimum atomic E-state index is -0.698. The number of esters is 2. The molecule has 3 rings (SSSR count). The number of H-pyrrole nitrogens is 1. The van der Waals surface area contributed by atoms with Gasteiger partial charge >= 0.3 is 17.6 Å². The number of aromatic nitrogens is 2. The number of aromatic amines is 1. The molecule has 2 heterocycles. The SMILES string of the molecule is CCC1OC(n2cc(C)c(=O)[nH]c2=O)CC1OC(=O)COC(=O)c1cc(C)c(C)c(C)c1. The fraction of sp³-hybridized carbons (Fsp3) is 0.478. The van der Waals surface area contributed by atoms with Crippen LogP contribution in [-0.4, -0.2) is 40.3 Å². The molecule has 1 fully saturated rings. The Morgan fingerprint density at radius 2 is 1.78 bits per heavy atom. The first kappa shape index (κ1) is 23.5. The van der Waals surface area contributed by atoms with Gasteiger partial charge in [-0.3, -0.25) is 14.3 Å². The second kappa shape index (κ2) is 9.52. The highest BCUT2D eigenvalue weighted by atomic mass is 16.6. The fourth-order valence-corrected chi connectivity index (χ4v) is 3.72. The molecular formula is C23H28N2O7. The predicted molar refractivity (Wildman–Crippen MR) is 116 cm³/mol. The van der Waals surface area contributed by atoms with E-state index >= 15 is 0 Å². The lowest BCUT2D eigenvalue weighted by Crippen LogP contribution is -2.33. The van der Waals surface area contributed by atoms with Gasteiger partial charge in [0.05, 0.1) is 11.7 Å². The van der Waals surface area contributed by atoms with Gasteiger partial charge in [-0.2, -0.15) is 0 Å². The molecule has 1 N–H and O–H groups in total. The molecule has 0 aliphatic carbocycles. The number of aryl methyl sites for hydroxylation is 3. The van der Waals surface area contributed by atoms with Crippen LogP contribution in [0.15, 0.2) is 27.9 Å². The summed E-state index contributed by atoms with van der Waals surface area (Å²) in [7, 11) is 0.